The van der Waals surface area contributed by atoms with Crippen LogP contribution in [0.1, 0.15) is 49.3 Å². The Hall–Kier alpha value is -0.530. The number of nitrogens with two attached hydrogens (primary N) is 1. The van der Waals surface area contributed by atoms with E-state index >= 15 is 0 Å². The smallest absolute Gasteiger partial charge is 0.0323 e. The maximum absolute atomic E-state index is 6.32. The van der Waals surface area contributed by atoms with Crippen LogP contribution < -0.4 is 5.73 Å². The Labute approximate surface area is 105 Å². The minimum atomic E-state index is 0. The summed E-state index contributed by atoms with van der Waals surface area (Å²) in [6, 6.07) is 8.96. The molecule has 1 aromatic carbocycles. The van der Waals surface area contributed by atoms with Gasteiger partial charge in [0.15, 0.2) is 0 Å². The minimum absolute atomic E-state index is 0. The van der Waals surface area contributed by atoms with E-state index in [4.69, 9.17) is 5.73 Å². The van der Waals surface area contributed by atoms with E-state index in [0.29, 0.717) is 5.92 Å². The zero-order valence-corrected chi connectivity index (χ0v) is 10.8. The molecule has 0 radical (unpaired) electrons. The van der Waals surface area contributed by atoms with Crippen molar-refractivity contribution in [2.24, 2.45) is 11.7 Å². The van der Waals surface area contributed by atoms with E-state index in [1.54, 1.807) is 0 Å². The van der Waals surface area contributed by atoms with Crippen LogP contribution in [0.25, 0.3) is 0 Å². The third kappa shape index (κ3) is 3.23. The van der Waals surface area contributed by atoms with Crippen molar-refractivity contribution in [1.29, 1.82) is 0 Å². The Morgan fingerprint density at radius 1 is 1.06 bits per heavy atom. The second-order valence-electron chi connectivity index (χ2n) is 4.83. The molecule has 0 heterocycles. The topological polar surface area (TPSA) is 26.0 Å². The molecule has 0 aromatic heterocycles. The maximum atomic E-state index is 6.32. The lowest BCUT2D eigenvalue weighted by Gasteiger charge is -2.27. The highest BCUT2D eigenvalue weighted by atomic mass is 35.5. The van der Waals surface area contributed by atoms with Crippen LogP contribution in [0, 0.1) is 12.8 Å². The molecule has 1 aliphatic rings. The first-order valence-electron chi connectivity index (χ1n) is 6.09. The molecule has 0 spiro atoms. The Morgan fingerprint density at radius 3 is 2.19 bits per heavy atom. The zero-order valence-electron chi connectivity index (χ0n) is 9.99. The van der Waals surface area contributed by atoms with Crippen LogP contribution in [-0.2, 0) is 0 Å². The standard InChI is InChI=1S/C14H21N.ClH/c1-11-7-9-13(10-8-11)14(15)12-5-3-2-4-6-12;/h7-10,12,14H,2-6,15H2,1H3;1H/t14-;/m0./s1. The molecule has 0 unspecified atom stereocenters. The van der Waals surface area contributed by atoms with Crippen molar-refractivity contribution in [3.63, 3.8) is 0 Å². The Kier molecular flexibility index (Phi) is 5.30. The highest BCUT2D eigenvalue weighted by molar-refractivity contribution is 5.85. The number of halogens is 1. The quantitative estimate of drug-likeness (QED) is 0.830. The van der Waals surface area contributed by atoms with Gasteiger partial charge in [0.2, 0.25) is 0 Å². The first-order chi connectivity index (χ1) is 7.27. The Balaban J connectivity index is 0.00000128. The fourth-order valence-corrected chi connectivity index (χ4v) is 2.55. The fourth-order valence-electron chi connectivity index (χ4n) is 2.55. The van der Waals surface area contributed by atoms with Gasteiger partial charge in [-0.2, -0.15) is 0 Å². The Bertz CT molecular complexity index is 301. The molecule has 1 saturated carbocycles. The van der Waals surface area contributed by atoms with Gasteiger partial charge in [-0.15, -0.1) is 12.4 Å². The second kappa shape index (κ2) is 6.27. The lowest BCUT2D eigenvalue weighted by Crippen LogP contribution is -2.23. The molecule has 0 amide bonds. The maximum Gasteiger partial charge on any atom is 0.0323 e. The van der Waals surface area contributed by atoms with Crippen molar-refractivity contribution in [2.75, 3.05) is 0 Å². The van der Waals surface area contributed by atoms with Gasteiger partial charge < -0.3 is 5.73 Å². The first-order valence-corrected chi connectivity index (χ1v) is 6.09. The molecule has 1 nitrogen and oxygen atoms in total. The van der Waals surface area contributed by atoms with Gasteiger partial charge in [0.25, 0.3) is 0 Å². The number of rotatable bonds is 2. The number of benzene rings is 1. The van der Waals surface area contributed by atoms with Crippen molar-refractivity contribution < 1.29 is 0 Å². The predicted molar refractivity (Wildman–Crippen MR) is 71.9 cm³/mol. The molecule has 0 saturated heterocycles. The lowest BCUT2D eigenvalue weighted by molar-refractivity contribution is 0.308. The van der Waals surface area contributed by atoms with Crippen LogP contribution in [0.15, 0.2) is 24.3 Å². The normalized spacial score (nSPS) is 18.9. The van der Waals surface area contributed by atoms with E-state index in [1.807, 2.05) is 0 Å². The summed E-state index contributed by atoms with van der Waals surface area (Å²) < 4.78 is 0. The van der Waals surface area contributed by atoms with Gasteiger partial charge in [-0.25, -0.2) is 0 Å². The average molecular weight is 240 g/mol. The van der Waals surface area contributed by atoms with Crippen molar-refractivity contribution in [3.05, 3.63) is 35.4 Å². The van der Waals surface area contributed by atoms with Crippen LogP contribution >= 0.6 is 12.4 Å². The molecule has 1 aromatic rings. The minimum Gasteiger partial charge on any atom is -0.324 e. The molecule has 1 fully saturated rings. The van der Waals surface area contributed by atoms with Gasteiger partial charge >= 0.3 is 0 Å². The first kappa shape index (κ1) is 13.5. The van der Waals surface area contributed by atoms with Gasteiger partial charge in [-0.05, 0) is 31.2 Å². The number of hydrogen-bond acceptors (Lipinski definition) is 1. The van der Waals surface area contributed by atoms with Crippen molar-refractivity contribution in [3.8, 4) is 0 Å². The second-order valence-corrected chi connectivity index (χ2v) is 4.83. The summed E-state index contributed by atoms with van der Waals surface area (Å²) in [5, 5.41) is 0. The van der Waals surface area contributed by atoms with Crippen LogP contribution in [-0.4, -0.2) is 0 Å². The van der Waals surface area contributed by atoms with Crippen molar-refractivity contribution in [1.82, 2.24) is 0 Å². The summed E-state index contributed by atoms with van der Waals surface area (Å²) >= 11 is 0. The molecule has 1 aliphatic carbocycles. The fraction of sp³-hybridized carbons (Fsp3) is 0.571. The summed E-state index contributed by atoms with van der Waals surface area (Å²) in [5.74, 6) is 0.710. The van der Waals surface area contributed by atoms with Crippen LogP contribution in [0.3, 0.4) is 0 Å². The van der Waals surface area contributed by atoms with Crippen molar-refractivity contribution in [2.45, 2.75) is 45.1 Å². The monoisotopic (exact) mass is 239 g/mol. The molecular formula is C14H22ClN. The zero-order chi connectivity index (χ0) is 10.7. The third-order valence-corrected chi connectivity index (χ3v) is 3.62. The van der Waals surface area contributed by atoms with E-state index in [2.05, 4.69) is 31.2 Å². The van der Waals surface area contributed by atoms with Crippen LogP contribution in [0.5, 0.6) is 0 Å². The summed E-state index contributed by atoms with van der Waals surface area (Å²) in [7, 11) is 0. The Morgan fingerprint density at radius 2 is 1.62 bits per heavy atom. The summed E-state index contributed by atoms with van der Waals surface area (Å²) in [5.41, 5.74) is 8.95. The van der Waals surface area contributed by atoms with E-state index in [1.165, 1.54) is 43.2 Å². The SMILES string of the molecule is Cc1ccc([C@@H](N)C2CCCCC2)cc1.Cl. The molecule has 16 heavy (non-hydrogen) atoms. The van der Waals surface area contributed by atoms with Crippen molar-refractivity contribution >= 4 is 12.4 Å². The number of aryl methyl sites for hydroxylation is 1. The number of hydrogen-bond donors (Lipinski definition) is 1. The molecular weight excluding hydrogens is 218 g/mol. The summed E-state index contributed by atoms with van der Waals surface area (Å²) in [6.45, 7) is 2.12. The van der Waals surface area contributed by atoms with Gasteiger partial charge in [-0.3, -0.25) is 0 Å². The highest BCUT2D eigenvalue weighted by Gasteiger charge is 2.21. The van der Waals surface area contributed by atoms with E-state index in [-0.39, 0.29) is 18.4 Å². The van der Waals surface area contributed by atoms with Gasteiger partial charge in [0.05, 0.1) is 0 Å². The van der Waals surface area contributed by atoms with Crippen LogP contribution in [0.2, 0.25) is 0 Å². The molecule has 2 heteroatoms. The molecule has 90 valence electrons. The molecule has 1 atom stereocenters. The van der Waals surface area contributed by atoms with Gasteiger partial charge in [0.1, 0.15) is 0 Å². The van der Waals surface area contributed by atoms with Crippen LogP contribution in [0.4, 0.5) is 0 Å². The largest absolute Gasteiger partial charge is 0.324 e. The van der Waals surface area contributed by atoms with Gasteiger partial charge in [-0.1, -0.05) is 49.1 Å². The van der Waals surface area contributed by atoms with E-state index < -0.39 is 0 Å². The molecule has 0 bridgehead atoms. The third-order valence-electron chi connectivity index (χ3n) is 3.62. The summed E-state index contributed by atoms with van der Waals surface area (Å²) in [4.78, 5) is 0. The van der Waals surface area contributed by atoms with Gasteiger partial charge in [0, 0.05) is 6.04 Å². The molecule has 2 N–H and O–H groups in total. The van der Waals surface area contributed by atoms with E-state index in [9.17, 15) is 0 Å². The summed E-state index contributed by atoms with van der Waals surface area (Å²) in [6.07, 6.45) is 6.76. The predicted octanol–water partition coefficient (Wildman–Crippen LogP) is 4.00. The van der Waals surface area contributed by atoms with E-state index in [0.717, 1.165) is 0 Å². The lowest BCUT2D eigenvalue weighted by atomic mass is 9.81. The average Bonchev–Trinajstić information content (AvgIpc) is 2.30. The molecule has 2 rings (SSSR count). The highest BCUT2D eigenvalue weighted by Crippen LogP contribution is 2.32. The molecule has 0 aliphatic heterocycles.